The van der Waals surface area contributed by atoms with E-state index in [0.29, 0.717) is 25.9 Å². The Labute approximate surface area is 193 Å². The number of nitrogens with zero attached hydrogens (tertiary/aromatic N) is 1. The number of thioether (sulfide) groups is 1. The van der Waals surface area contributed by atoms with Gasteiger partial charge in [0.2, 0.25) is 11.8 Å². The van der Waals surface area contributed by atoms with Gasteiger partial charge in [0.1, 0.15) is 6.04 Å². The molecule has 0 saturated carbocycles. The number of hydrogen-bond donors (Lipinski definition) is 2. The van der Waals surface area contributed by atoms with Gasteiger partial charge in [-0.1, -0.05) is 30.3 Å². The summed E-state index contributed by atoms with van der Waals surface area (Å²) >= 11 is 1.65. The lowest BCUT2D eigenvalue weighted by atomic mass is 9.66. The number of carbonyl (C=O) groups excluding carboxylic acids is 3. The Balaban J connectivity index is 1.64. The van der Waals surface area contributed by atoms with Crippen LogP contribution >= 0.6 is 11.8 Å². The number of likely N-dealkylation sites (tertiary alicyclic amines) is 1. The van der Waals surface area contributed by atoms with Crippen LogP contribution in [0.1, 0.15) is 45.1 Å². The molecule has 2 unspecified atom stereocenters. The van der Waals surface area contributed by atoms with Gasteiger partial charge in [0.25, 0.3) is 0 Å². The lowest BCUT2D eigenvalue weighted by Crippen LogP contribution is -2.53. The summed E-state index contributed by atoms with van der Waals surface area (Å²) in [5, 5.41) is 12.3. The number of carbonyl (C=O) groups is 3. The Bertz CT molecular complexity index is 880. The monoisotopic (exact) mass is 460 g/mol. The molecule has 1 spiro atoms. The summed E-state index contributed by atoms with van der Waals surface area (Å²) in [6.07, 6.45) is 2.67. The third-order valence-corrected chi connectivity index (χ3v) is 9.17. The molecule has 0 aliphatic carbocycles. The lowest BCUT2D eigenvalue weighted by Gasteiger charge is -2.34. The molecule has 3 heterocycles. The Kier molecular flexibility index (Phi) is 6.54. The molecule has 174 valence electrons. The summed E-state index contributed by atoms with van der Waals surface area (Å²) in [4.78, 5) is 41.8. The second-order valence-corrected chi connectivity index (χ2v) is 11.0. The minimum atomic E-state index is -0.631. The van der Waals surface area contributed by atoms with Crippen molar-refractivity contribution in [2.45, 2.75) is 61.6 Å². The molecular formula is C24H32N2O5S. The first-order valence-electron chi connectivity index (χ1n) is 11.5. The first-order valence-corrected chi connectivity index (χ1v) is 12.3. The third-order valence-electron chi connectivity index (χ3n) is 7.18. The van der Waals surface area contributed by atoms with Crippen molar-refractivity contribution >= 4 is 29.5 Å². The number of rotatable bonds is 9. The van der Waals surface area contributed by atoms with Crippen molar-refractivity contribution in [3.05, 3.63) is 35.9 Å². The number of unbranched alkanes of at least 4 members (excludes halogenated alkanes) is 1. The molecular weight excluding hydrogens is 428 g/mol. The number of aliphatic hydroxyl groups is 1. The average Bonchev–Trinajstić information content (AvgIpc) is 3.34. The molecule has 2 amide bonds. The van der Waals surface area contributed by atoms with E-state index in [1.54, 1.807) is 23.6 Å². The minimum Gasteiger partial charge on any atom is -0.466 e. The van der Waals surface area contributed by atoms with Crippen molar-refractivity contribution in [3.63, 3.8) is 0 Å². The number of fused-ring (bicyclic) bond motifs is 1. The topological polar surface area (TPSA) is 95.9 Å². The van der Waals surface area contributed by atoms with E-state index in [9.17, 15) is 19.5 Å². The molecule has 32 heavy (non-hydrogen) atoms. The normalized spacial score (nSPS) is 32.8. The number of benzene rings is 1. The Hall–Kier alpha value is -2.06. The van der Waals surface area contributed by atoms with Gasteiger partial charge < -0.3 is 20.1 Å². The SMILES string of the molecule is CCOC(=O)[C@H]1[C@H]2C(=O)N(CCCCO)C(C(=O)NCc3ccccc3)C23CC[C@]1(C)S3. The van der Waals surface area contributed by atoms with Crippen LogP contribution in [-0.4, -0.2) is 63.1 Å². The number of esters is 1. The maximum atomic E-state index is 13.7. The first kappa shape index (κ1) is 23.1. The van der Waals surface area contributed by atoms with E-state index in [4.69, 9.17) is 4.74 Å². The van der Waals surface area contributed by atoms with E-state index < -0.39 is 27.4 Å². The van der Waals surface area contributed by atoms with E-state index in [1.165, 1.54) is 0 Å². The van der Waals surface area contributed by atoms with Crippen LogP contribution in [0.15, 0.2) is 30.3 Å². The van der Waals surface area contributed by atoms with E-state index in [2.05, 4.69) is 5.32 Å². The second kappa shape index (κ2) is 9.06. The fraction of sp³-hybridized carbons (Fsp3) is 0.625. The van der Waals surface area contributed by atoms with Gasteiger partial charge in [0.15, 0.2) is 0 Å². The van der Waals surface area contributed by atoms with Crippen LogP contribution in [0.4, 0.5) is 0 Å². The van der Waals surface area contributed by atoms with Crippen LogP contribution in [0.2, 0.25) is 0 Å². The molecule has 2 N–H and O–H groups in total. The van der Waals surface area contributed by atoms with Crippen LogP contribution in [0.25, 0.3) is 0 Å². The summed E-state index contributed by atoms with van der Waals surface area (Å²) < 4.78 is 4.35. The van der Waals surface area contributed by atoms with E-state index >= 15 is 0 Å². The largest absolute Gasteiger partial charge is 0.466 e. The molecule has 0 aromatic heterocycles. The Morgan fingerprint density at radius 1 is 1.25 bits per heavy atom. The van der Waals surface area contributed by atoms with Crippen LogP contribution in [-0.2, 0) is 25.7 Å². The Morgan fingerprint density at radius 3 is 2.69 bits per heavy atom. The van der Waals surface area contributed by atoms with Gasteiger partial charge in [-0.25, -0.2) is 0 Å². The summed E-state index contributed by atoms with van der Waals surface area (Å²) in [5.41, 5.74) is 0.991. The van der Waals surface area contributed by atoms with Crippen LogP contribution in [0.5, 0.6) is 0 Å². The molecule has 8 heteroatoms. The standard InChI is InChI=1S/C24H32N2O5S/c1-3-31-22(30)18-17-21(29)26(13-7-8-14-27)19(24(17)12-11-23(18,2)32-24)20(28)25-15-16-9-5-4-6-10-16/h4-6,9-10,17-19,27H,3,7-8,11-15H2,1-2H3,(H,25,28)/t17-,18+,19?,23-,24?/m0/s1. The van der Waals surface area contributed by atoms with Crippen molar-refractivity contribution in [2.24, 2.45) is 11.8 Å². The molecule has 5 atom stereocenters. The van der Waals surface area contributed by atoms with Crippen LogP contribution in [0.3, 0.4) is 0 Å². The van der Waals surface area contributed by atoms with Crippen molar-refractivity contribution in [3.8, 4) is 0 Å². The zero-order valence-corrected chi connectivity index (χ0v) is 19.5. The zero-order chi connectivity index (χ0) is 22.9. The predicted molar refractivity (Wildman–Crippen MR) is 122 cm³/mol. The van der Waals surface area contributed by atoms with Crippen molar-refractivity contribution in [1.29, 1.82) is 0 Å². The summed E-state index contributed by atoms with van der Waals surface area (Å²) in [6.45, 7) is 4.90. The van der Waals surface area contributed by atoms with Crippen LogP contribution in [0, 0.1) is 11.8 Å². The second-order valence-electron chi connectivity index (χ2n) is 9.15. The molecule has 3 aliphatic rings. The van der Waals surface area contributed by atoms with Gasteiger partial charge in [-0.2, -0.15) is 0 Å². The van der Waals surface area contributed by atoms with E-state index in [1.807, 2.05) is 37.3 Å². The highest BCUT2D eigenvalue weighted by atomic mass is 32.2. The summed E-state index contributed by atoms with van der Waals surface area (Å²) in [7, 11) is 0. The van der Waals surface area contributed by atoms with Gasteiger partial charge in [-0.05, 0) is 45.1 Å². The van der Waals surface area contributed by atoms with Crippen molar-refractivity contribution in [2.75, 3.05) is 19.8 Å². The highest BCUT2D eigenvalue weighted by Gasteiger charge is 2.77. The lowest BCUT2D eigenvalue weighted by molar-refractivity contribution is -0.155. The quantitative estimate of drug-likeness (QED) is 0.433. The van der Waals surface area contributed by atoms with E-state index in [0.717, 1.165) is 18.4 Å². The smallest absolute Gasteiger partial charge is 0.311 e. The van der Waals surface area contributed by atoms with Gasteiger partial charge >= 0.3 is 5.97 Å². The zero-order valence-electron chi connectivity index (χ0n) is 18.7. The highest BCUT2D eigenvalue weighted by molar-refractivity contribution is 8.02. The minimum absolute atomic E-state index is 0.0414. The number of aliphatic hydroxyl groups excluding tert-OH is 1. The number of hydrogen-bond acceptors (Lipinski definition) is 6. The molecule has 3 fully saturated rings. The maximum absolute atomic E-state index is 13.7. The van der Waals surface area contributed by atoms with Crippen molar-refractivity contribution in [1.82, 2.24) is 10.2 Å². The molecule has 3 saturated heterocycles. The molecule has 1 aromatic carbocycles. The van der Waals surface area contributed by atoms with Gasteiger partial charge in [0.05, 0.1) is 23.2 Å². The summed E-state index contributed by atoms with van der Waals surface area (Å²) in [5.74, 6) is -1.72. The van der Waals surface area contributed by atoms with Crippen LogP contribution < -0.4 is 5.32 Å². The molecule has 3 aliphatic heterocycles. The highest BCUT2D eigenvalue weighted by Crippen LogP contribution is 2.71. The van der Waals surface area contributed by atoms with Gasteiger partial charge in [-0.15, -0.1) is 11.8 Å². The van der Waals surface area contributed by atoms with Crippen molar-refractivity contribution < 1.29 is 24.2 Å². The molecule has 1 aromatic rings. The first-order chi connectivity index (χ1) is 15.4. The number of nitrogens with one attached hydrogen (secondary N) is 1. The molecule has 4 rings (SSSR count). The molecule has 7 nitrogen and oxygen atoms in total. The Morgan fingerprint density at radius 2 is 2.00 bits per heavy atom. The maximum Gasteiger partial charge on any atom is 0.311 e. The number of amides is 2. The van der Waals surface area contributed by atoms with Gasteiger partial charge in [-0.3, -0.25) is 14.4 Å². The molecule has 2 bridgehead atoms. The third kappa shape index (κ3) is 3.71. The van der Waals surface area contributed by atoms with Gasteiger partial charge in [0, 0.05) is 24.4 Å². The summed E-state index contributed by atoms with van der Waals surface area (Å²) in [6, 6.07) is 9.05. The fourth-order valence-electron chi connectivity index (χ4n) is 5.83. The average molecular weight is 461 g/mol. The number of ether oxygens (including phenoxy) is 1. The molecule has 0 radical (unpaired) electrons. The van der Waals surface area contributed by atoms with E-state index in [-0.39, 0.29) is 31.0 Å². The fourth-order valence-corrected chi connectivity index (χ4v) is 8.18. The predicted octanol–water partition coefficient (Wildman–Crippen LogP) is 2.12.